The quantitative estimate of drug-likeness (QED) is 0.671. The second kappa shape index (κ2) is 7.93. The molecule has 0 heterocycles. The minimum Gasteiger partial charge on any atom is -0.497 e. The summed E-state index contributed by atoms with van der Waals surface area (Å²) in [6, 6.07) is 6.92. The lowest BCUT2D eigenvalue weighted by Gasteiger charge is -2.07. The summed E-state index contributed by atoms with van der Waals surface area (Å²) in [5.41, 5.74) is 2.00. The van der Waals surface area contributed by atoms with Crippen LogP contribution in [0.25, 0.3) is 0 Å². The van der Waals surface area contributed by atoms with Crippen LogP contribution in [0, 0.1) is 0 Å². The number of carboxylic acid groups (broad SMARTS) is 1. The second-order valence-electron chi connectivity index (χ2n) is 3.48. The van der Waals surface area contributed by atoms with Gasteiger partial charge in [0.05, 0.1) is 20.1 Å². The van der Waals surface area contributed by atoms with E-state index in [4.69, 9.17) is 14.6 Å². The van der Waals surface area contributed by atoms with Crippen LogP contribution in [0.2, 0.25) is 0 Å². The average molecular weight is 269 g/mol. The molecule has 0 saturated carbocycles. The molecule has 2 N–H and O–H groups in total. The van der Waals surface area contributed by atoms with Crippen molar-refractivity contribution in [3.05, 3.63) is 24.3 Å². The number of hydrogen-bond donors (Lipinski definition) is 2. The minimum atomic E-state index is -1.16. The minimum absolute atomic E-state index is 0.0612. The Morgan fingerprint density at radius 1 is 1.21 bits per heavy atom. The highest BCUT2D eigenvalue weighted by molar-refractivity contribution is 5.75. The van der Waals surface area contributed by atoms with E-state index in [-0.39, 0.29) is 13.0 Å². The molecule has 0 spiro atoms. The van der Waals surface area contributed by atoms with Crippen molar-refractivity contribution >= 4 is 11.9 Å². The first kappa shape index (κ1) is 14.8. The number of carbonyl (C=O) groups excluding carboxylic acids is 1. The first-order valence-electron chi connectivity index (χ1n) is 5.51. The molecule has 0 aliphatic rings. The molecule has 0 bridgehead atoms. The summed E-state index contributed by atoms with van der Waals surface area (Å²) in [4.78, 5) is 25.7. The number of ether oxygens (including phenoxy) is 2. The van der Waals surface area contributed by atoms with Crippen LogP contribution in [-0.2, 0) is 14.4 Å². The Morgan fingerprint density at radius 2 is 1.84 bits per heavy atom. The number of nitrogens with one attached hydrogen (secondary N) is 1. The van der Waals surface area contributed by atoms with Crippen molar-refractivity contribution in [2.75, 3.05) is 20.3 Å². The maximum atomic E-state index is 11.2. The highest BCUT2D eigenvalue weighted by atomic mass is 16.7. The average Bonchev–Trinajstić information content (AvgIpc) is 2.39. The van der Waals surface area contributed by atoms with Crippen LogP contribution in [0.5, 0.6) is 11.5 Å². The third-order valence-electron chi connectivity index (χ3n) is 2.04. The smallest absolute Gasteiger partial charge is 0.332 e. The Bertz CT molecular complexity index is 417. The number of amides is 1. The van der Waals surface area contributed by atoms with Crippen LogP contribution in [-0.4, -0.2) is 37.3 Å². The van der Waals surface area contributed by atoms with Gasteiger partial charge in [-0.3, -0.25) is 9.63 Å². The Kier molecular flexibility index (Phi) is 6.17. The number of carbonyl (C=O) groups is 2. The highest BCUT2D eigenvalue weighted by Gasteiger charge is 2.04. The number of rotatable bonds is 8. The van der Waals surface area contributed by atoms with Crippen molar-refractivity contribution in [1.29, 1.82) is 0 Å². The van der Waals surface area contributed by atoms with Gasteiger partial charge in [0.1, 0.15) is 11.5 Å². The van der Waals surface area contributed by atoms with E-state index < -0.39 is 18.5 Å². The summed E-state index contributed by atoms with van der Waals surface area (Å²) in [5, 5.41) is 8.28. The zero-order valence-corrected chi connectivity index (χ0v) is 10.4. The molecule has 0 atom stereocenters. The van der Waals surface area contributed by atoms with Gasteiger partial charge in [0, 0.05) is 0 Å². The maximum Gasteiger partial charge on any atom is 0.332 e. The number of benzene rings is 1. The summed E-state index contributed by atoms with van der Waals surface area (Å²) in [7, 11) is 1.57. The lowest BCUT2D eigenvalue weighted by molar-refractivity contribution is -0.149. The van der Waals surface area contributed by atoms with Gasteiger partial charge in [-0.15, -0.1) is 0 Å². The van der Waals surface area contributed by atoms with Gasteiger partial charge in [0.2, 0.25) is 5.91 Å². The number of hydroxylamine groups is 1. The first-order valence-corrected chi connectivity index (χ1v) is 5.51. The molecule has 1 amide bonds. The normalized spacial score (nSPS) is 9.74. The van der Waals surface area contributed by atoms with Crippen LogP contribution in [0.3, 0.4) is 0 Å². The van der Waals surface area contributed by atoms with Gasteiger partial charge in [-0.1, -0.05) is 0 Å². The zero-order valence-electron chi connectivity index (χ0n) is 10.4. The number of methoxy groups -OCH3 is 1. The van der Waals surface area contributed by atoms with Gasteiger partial charge < -0.3 is 14.6 Å². The molecular formula is C12H15NO6. The summed E-state index contributed by atoms with van der Waals surface area (Å²) < 4.78 is 10.3. The summed E-state index contributed by atoms with van der Waals surface area (Å²) in [5.74, 6) is -0.281. The molecule has 104 valence electrons. The van der Waals surface area contributed by atoms with Crippen LogP contribution in [0.15, 0.2) is 24.3 Å². The van der Waals surface area contributed by atoms with Crippen molar-refractivity contribution in [2.24, 2.45) is 0 Å². The first-order chi connectivity index (χ1) is 9.11. The Labute approximate surface area is 110 Å². The van der Waals surface area contributed by atoms with E-state index in [9.17, 15) is 9.59 Å². The Morgan fingerprint density at radius 3 is 2.42 bits per heavy atom. The molecule has 0 saturated heterocycles. The van der Waals surface area contributed by atoms with E-state index >= 15 is 0 Å². The molecule has 0 fully saturated rings. The fourth-order valence-corrected chi connectivity index (χ4v) is 1.16. The number of carboxylic acids is 1. The van der Waals surface area contributed by atoms with E-state index in [0.29, 0.717) is 11.5 Å². The molecule has 1 aromatic carbocycles. The lowest BCUT2D eigenvalue weighted by Crippen LogP contribution is -2.27. The molecule has 1 rings (SSSR count). The van der Waals surface area contributed by atoms with Crippen LogP contribution >= 0.6 is 0 Å². The molecule has 0 aliphatic heterocycles. The lowest BCUT2D eigenvalue weighted by atomic mass is 10.3. The molecule has 0 aromatic heterocycles. The van der Waals surface area contributed by atoms with Gasteiger partial charge in [-0.2, -0.15) is 0 Å². The molecular weight excluding hydrogens is 254 g/mol. The second-order valence-corrected chi connectivity index (χ2v) is 3.48. The molecule has 1 aromatic rings. The summed E-state index contributed by atoms with van der Waals surface area (Å²) >= 11 is 0. The number of aliphatic carboxylic acids is 1. The fraction of sp³-hybridized carbons (Fsp3) is 0.333. The third-order valence-corrected chi connectivity index (χ3v) is 2.04. The molecule has 0 unspecified atom stereocenters. The van der Waals surface area contributed by atoms with Crippen LogP contribution < -0.4 is 15.0 Å². The zero-order chi connectivity index (χ0) is 14.1. The van der Waals surface area contributed by atoms with E-state index in [2.05, 4.69) is 4.84 Å². The van der Waals surface area contributed by atoms with Gasteiger partial charge in [-0.25, -0.2) is 10.3 Å². The predicted octanol–water partition coefficient (Wildman–Crippen LogP) is 0.596. The van der Waals surface area contributed by atoms with Gasteiger partial charge in [0.25, 0.3) is 0 Å². The van der Waals surface area contributed by atoms with Crippen molar-refractivity contribution in [1.82, 2.24) is 5.48 Å². The van der Waals surface area contributed by atoms with E-state index in [1.807, 2.05) is 5.48 Å². The van der Waals surface area contributed by atoms with Crippen molar-refractivity contribution in [2.45, 2.75) is 6.42 Å². The fourth-order valence-electron chi connectivity index (χ4n) is 1.16. The third kappa shape index (κ3) is 6.27. The topological polar surface area (TPSA) is 94.1 Å². The largest absolute Gasteiger partial charge is 0.497 e. The van der Waals surface area contributed by atoms with Crippen molar-refractivity contribution in [3.63, 3.8) is 0 Å². The van der Waals surface area contributed by atoms with Gasteiger partial charge >= 0.3 is 5.97 Å². The molecule has 7 nitrogen and oxygen atoms in total. The maximum absolute atomic E-state index is 11.2. The summed E-state index contributed by atoms with van der Waals surface area (Å²) in [6.45, 7) is -0.417. The van der Waals surface area contributed by atoms with Crippen molar-refractivity contribution in [3.8, 4) is 11.5 Å². The monoisotopic (exact) mass is 269 g/mol. The Hall–Kier alpha value is -2.28. The molecule has 19 heavy (non-hydrogen) atoms. The predicted molar refractivity (Wildman–Crippen MR) is 64.8 cm³/mol. The van der Waals surface area contributed by atoms with E-state index in [0.717, 1.165) is 0 Å². The van der Waals surface area contributed by atoms with Crippen molar-refractivity contribution < 1.29 is 29.0 Å². The standard InChI is InChI=1S/C12H15NO6/c1-17-9-2-4-10(5-3-9)18-7-6-11(14)13-19-8-12(15)16/h2-5H,6-8H2,1H3,(H,13,14)(H,15,16). The van der Waals surface area contributed by atoms with E-state index in [1.165, 1.54) is 0 Å². The van der Waals surface area contributed by atoms with Crippen LogP contribution in [0.1, 0.15) is 6.42 Å². The molecule has 7 heteroatoms. The molecule has 0 aliphatic carbocycles. The summed E-state index contributed by atoms with van der Waals surface area (Å²) in [6.07, 6.45) is 0.0612. The Balaban J connectivity index is 2.18. The highest BCUT2D eigenvalue weighted by Crippen LogP contribution is 2.16. The van der Waals surface area contributed by atoms with Gasteiger partial charge in [-0.05, 0) is 24.3 Å². The molecule has 0 radical (unpaired) electrons. The SMILES string of the molecule is COc1ccc(OCCC(=O)NOCC(=O)O)cc1. The van der Waals surface area contributed by atoms with E-state index in [1.54, 1.807) is 31.4 Å². The van der Waals surface area contributed by atoms with Crippen LogP contribution in [0.4, 0.5) is 0 Å². The number of hydrogen-bond acceptors (Lipinski definition) is 5. The van der Waals surface area contributed by atoms with Gasteiger partial charge in [0.15, 0.2) is 6.61 Å².